The van der Waals surface area contributed by atoms with E-state index in [1.165, 1.54) is 38.5 Å². The molecule has 1 heteroatoms. The van der Waals surface area contributed by atoms with Gasteiger partial charge < -0.3 is 4.74 Å². The summed E-state index contributed by atoms with van der Waals surface area (Å²) >= 11 is 0. The second kappa shape index (κ2) is 4.76. The van der Waals surface area contributed by atoms with Crippen LogP contribution in [0.1, 0.15) is 45.4 Å². The molecule has 0 aliphatic heterocycles. The van der Waals surface area contributed by atoms with E-state index in [-0.39, 0.29) is 0 Å². The summed E-state index contributed by atoms with van der Waals surface area (Å²) in [6, 6.07) is 0. The Kier molecular flexibility index (Phi) is 3.92. The molecule has 1 atom stereocenters. The molecular formula is C10H20O. The van der Waals surface area contributed by atoms with Gasteiger partial charge in [0.15, 0.2) is 0 Å². The quantitative estimate of drug-likeness (QED) is 0.574. The Morgan fingerprint density at radius 3 is 2.55 bits per heavy atom. The first-order chi connectivity index (χ1) is 5.36. The SMILES string of the molecule is CCCC(CCC1CC1)OC. The van der Waals surface area contributed by atoms with E-state index in [1.54, 1.807) is 0 Å². The van der Waals surface area contributed by atoms with Gasteiger partial charge in [-0.3, -0.25) is 0 Å². The fourth-order valence-corrected chi connectivity index (χ4v) is 1.53. The molecule has 66 valence electrons. The van der Waals surface area contributed by atoms with E-state index in [9.17, 15) is 0 Å². The molecular weight excluding hydrogens is 136 g/mol. The molecule has 0 aromatic rings. The largest absolute Gasteiger partial charge is 0.381 e. The maximum Gasteiger partial charge on any atom is 0.0571 e. The minimum atomic E-state index is 0.542. The summed E-state index contributed by atoms with van der Waals surface area (Å²) in [5.41, 5.74) is 0. The summed E-state index contributed by atoms with van der Waals surface area (Å²) in [4.78, 5) is 0. The zero-order chi connectivity index (χ0) is 8.10. The number of hydrogen-bond acceptors (Lipinski definition) is 1. The molecule has 1 saturated carbocycles. The van der Waals surface area contributed by atoms with Crippen LogP contribution in [0, 0.1) is 5.92 Å². The smallest absolute Gasteiger partial charge is 0.0571 e. The molecule has 0 spiro atoms. The van der Waals surface area contributed by atoms with E-state index in [0.717, 1.165) is 5.92 Å². The predicted molar refractivity (Wildman–Crippen MR) is 47.7 cm³/mol. The van der Waals surface area contributed by atoms with Crippen molar-refractivity contribution >= 4 is 0 Å². The first kappa shape index (κ1) is 9.05. The van der Waals surface area contributed by atoms with E-state index in [4.69, 9.17) is 4.74 Å². The highest BCUT2D eigenvalue weighted by molar-refractivity contribution is 4.74. The van der Waals surface area contributed by atoms with E-state index in [0.29, 0.717) is 6.10 Å². The molecule has 0 amide bonds. The lowest BCUT2D eigenvalue weighted by atomic mass is 10.1. The van der Waals surface area contributed by atoms with Crippen molar-refractivity contribution in [2.24, 2.45) is 5.92 Å². The van der Waals surface area contributed by atoms with Crippen LogP contribution in [0.5, 0.6) is 0 Å². The number of ether oxygens (including phenoxy) is 1. The Morgan fingerprint density at radius 2 is 2.09 bits per heavy atom. The van der Waals surface area contributed by atoms with Crippen molar-refractivity contribution in [3.63, 3.8) is 0 Å². The average molecular weight is 156 g/mol. The van der Waals surface area contributed by atoms with Crippen molar-refractivity contribution in [1.82, 2.24) is 0 Å². The summed E-state index contributed by atoms with van der Waals surface area (Å²) in [5.74, 6) is 1.06. The van der Waals surface area contributed by atoms with Gasteiger partial charge in [-0.2, -0.15) is 0 Å². The molecule has 11 heavy (non-hydrogen) atoms. The monoisotopic (exact) mass is 156 g/mol. The molecule has 0 N–H and O–H groups in total. The third kappa shape index (κ3) is 3.76. The standard InChI is InChI=1S/C10H20O/c1-3-4-10(11-2)8-7-9-5-6-9/h9-10H,3-8H2,1-2H3. The minimum absolute atomic E-state index is 0.542. The number of methoxy groups -OCH3 is 1. The van der Waals surface area contributed by atoms with E-state index in [1.807, 2.05) is 7.11 Å². The van der Waals surface area contributed by atoms with Gasteiger partial charge in [0.05, 0.1) is 6.10 Å². The van der Waals surface area contributed by atoms with Crippen LogP contribution >= 0.6 is 0 Å². The Hall–Kier alpha value is -0.0400. The van der Waals surface area contributed by atoms with Gasteiger partial charge in [-0.15, -0.1) is 0 Å². The van der Waals surface area contributed by atoms with Crippen molar-refractivity contribution < 1.29 is 4.74 Å². The maximum absolute atomic E-state index is 5.37. The molecule has 1 aliphatic rings. The van der Waals surface area contributed by atoms with Crippen molar-refractivity contribution in [2.75, 3.05) is 7.11 Å². The van der Waals surface area contributed by atoms with Crippen molar-refractivity contribution in [2.45, 2.75) is 51.6 Å². The highest BCUT2D eigenvalue weighted by Gasteiger charge is 2.22. The van der Waals surface area contributed by atoms with E-state index in [2.05, 4.69) is 6.92 Å². The molecule has 0 aromatic heterocycles. The molecule has 0 bridgehead atoms. The molecule has 0 saturated heterocycles. The molecule has 1 nitrogen and oxygen atoms in total. The normalized spacial score (nSPS) is 20.2. The molecule has 1 unspecified atom stereocenters. The van der Waals surface area contributed by atoms with Gasteiger partial charge in [0.1, 0.15) is 0 Å². The minimum Gasteiger partial charge on any atom is -0.381 e. The van der Waals surface area contributed by atoms with Crippen LogP contribution in [0.25, 0.3) is 0 Å². The van der Waals surface area contributed by atoms with E-state index < -0.39 is 0 Å². The highest BCUT2D eigenvalue weighted by Crippen LogP contribution is 2.34. The van der Waals surface area contributed by atoms with Gasteiger partial charge in [0, 0.05) is 7.11 Å². The Labute approximate surface area is 70.1 Å². The zero-order valence-corrected chi connectivity index (χ0v) is 7.81. The lowest BCUT2D eigenvalue weighted by Gasteiger charge is -2.13. The summed E-state index contributed by atoms with van der Waals surface area (Å²) in [6.45, 7) is 2.23. The predicted octanol–water partition coefficient (Wildman–Crippen LogP) is 2.99. The first-order valence-electron chi connectivity index (χ1n) is 4.89. The van der Waals surface area contributed by atoms with Gasteiger partial charge in [-0.05, 0) is 25.2 Å². The third-order valence-electron chi connectivity index (χ3n) is 2.54. The van der Waals surface area contributed by atoms with Crippen LogP contribution < -0.4 is 0 Å². The van der Waals surface area contributed by atoms with Gasteiger partial charge in [-0.25, -0.2) is 0 Å². The van der Waals surface area contributed by atoms with Gasteiger partial charge in [0.2, 0.25) is 0 Å². The van der Waals surface area contributed by atoms with Crippen molar-refractivity contribution in [1.29, 1.82) is 0 Å². The summed E-state index contributed by atoms with van der Waals surface area (Å²) in [7, 11) is 1.84. The van der Waals surface area contributed by atoms with Crippen molar-refractivity contribution in [3.05, 3.63) is 0 Å². The lowest BCUT2D eigenvalue weighted by Crippen LogP contribution is -2.09. The van der Waals surface area contributed by atoms with Crippen LogP contribution in [0.3, 0.4) is 0 Å². The van der Waals surface area contributed by atoms with Crippen molar-refractivity contribution in [3.8, 4) is 0 Å². The molecule has 0 radical (unpaired) electrons. The summed E-state index contributed by atoms with van der Waals surface area (Å²) in [5, 5.41) is 0. The molecule has 0 heterocycles. The molecule has 0 aromatic carbocycles. The fraction of sp³-hybridized carbons (Fsp3) is 1.00. The van der Waals surface area contributed by atoms with Crippen LogP contribution in [-0.2, 0) is 4.74 Å². The third-order valence-corrected chi connectivity index (χ3v) is 2.54. The summed E-state index contributed by atoms with van der Waals surface area (Å²) < 4.78 is 5.37. The Balaban J connectivity index is 1.98. The van der Waals surface area contributed by atoms with Crippen LogP contribution in [-0.4, -0.2) is 13.2 Å². The second-order valence-electron chi connectivity index (χ2n) is 3.67. The van der Waals surface area contributed by atoms with E-state index >= 15 is 0 Å². The van der Waals surface area contributed by atoms with Gasteiger partial charge in [0.25, 0.3) is 0 Å². The maximum atomic E-state index is 5.37. The Bertz CT molecular complexity index is 97.0. The van der Waals surface area contributed by atoms with Gasteiger partial charge in [-0.1, -0.05) is 26.2 Å². The van der Waals surface area contributed by atoms with Crippen LogP contribution in [0.4, 0.5) is 0 Å². The number of rotatable bonds is 6. The molecule has 1 aliphatic carbocycles. The zero-order valence-electron chi connectivity index (χ0n) is 7.81. The van der Waals surface area contributed by atoms with Gasteiger partial charge >= 0.3 is 0 Å². The van der Waals surface area contributed by atoms with Crippen LogP contribution in [0.2, 0.25) is 0 Å². The van der Waals surface area contributed by atoms with Crippen LogP contribution in [0.15, 0.2) is 0 Å². The Morgan fingerprint density at radius 1 is 1.36 bits per heavy atom. The number of hydrogen-bond donors (Lipinski definition) is 0. The lowest BCUT2D eigenvalue weighted by molar-refractivity contribution is 0.0843. The topological polar surface area (TPSA) is 9.23 Å². The average Bonchev–Trinajstić information content (AvgIpc) is 2.81. The first-order valence-corrected chi connectivity index (χ1v) is 4.89. The second-order valence-corrected chi connectivity index (χ2v) is 3.67. The highest BCUT2D eigenvalue weighted by atomic mass is 16.5. The molecule has 1 fully saturated rings. The fourth-order valence-electron chi connectivity index (χ4n) is 1.53. The summed E-state index contributed by atoms with van der Waals surface area (Å²) in [6.07, 6.45) is 8.67. The molecule has 1 rings (SSSR count).